The van der Waals surface area contributed by atoms with Crippen LogP contribution in [0.1, 0.15) is 19.4 Å². The van der Waals surface area contributed by atoms with Gasteiger partial charge in [0.1, 0.15) is 0 Å². The summed E-state index contributed by atoms with van der Waals surface area (Å²) in [5.41, 5.74) is 2.41. The minimum atomic E-state index is 0.744. The number of piperazine rings is 1. The van der Waals surface area contributed by atoms with Crippen LogP contribution in [0.5, 0.6) is 0 Å². The Morgan fingerprint density at radius 1 is 1.21 bits per heavy atom. The summed E-state index contributed by atoms with van der Waals surface area (Å²) >= 11 is 9.85. The molecule has 0 radical (unpaired) electrons. The fourth-order valence-corrected chi connectivity index (χ4v) is 3.25. The van der Waals surface area contributed by atoms with Crippen LogP contribution in [0.3, 0.4) is 0 Å². The molecule has 19 heavy (non-hydrogen) atoms. The minimum absolute atomic E-state index is 0.744. The van der Waals surface area contributed by atoms with Gasteiger partial charge in [-0.2, -0.15) is 0 Å². The van der Waals surface area contributed by atoms with Gasteiger partial charge < -0.3 is 4.90 Å². The van der Waals surface area contributed by atoms with Gasteiger partial charge in [-0.15, -0.1) is 0 Å². The molecule has 1 aromatic rings. The molecule has 1 heterocycles. The van der Waals surface area contributed by atoms with Gasteiger partial charge in [-0.25, -0.2) is 0 Å². The van der Waals surface area contributed by atoms with E-state index >= 15 is 0 Å². The predicted octanol–water partition coefficient (Wildman–Crippen LogP) is 4.01. The molecule has 0 saturated carbocycles. The van der Waals surface area contributed by atoms with E-state index in [1.807, 2.05) is 0 Å². The molecule has 0 atom stereocenters. The van der Waals surface area contributed by atoms with E-state index in [2.05, 4.69) is 57.8 Å². The molecule has 4 heteroatoms. The van der Waals surface area contributed by atoms with Crippen molar-refractivity contribution in [3.63, 3.8) is 0 Å². The van der Waals surface area contributed by atoms with Crippen molar-refractivity contribution >= 4 is 33.2 Å². The Bertz CT molecular complexity index is 415. The van der Waals surface area contributed by atoms with E-state index in [4.69, 9.17) is 11.6 Å². The molecule has 1 fully saturated rings. The normalized spacial score (nSPS) is 17.2. The average Bonchev–Trinajstić information content (AvgIpc) is 2.39. The first-order valence-corrected chi connectivity index (χ1v) is 8.41. The number of rotatable bonds is 4. The van der Waals surface area contributed by atoms with Gasteiger partial charge in [0.2, 0.25) is 0 Å². The Hall–Kier alpha value is -0.250. The Kier molecular flexibility index (Phi) is 5.55. The zero-order valence-electron chi connectivity index (χ0n) is 11.7. The van der Waals surface area contributed by atoms with Crippen LogP contribution in [0.2, 0.25) is 5.02 Å². The van der Waals surface area contributed by atoms with E-state index in [0.29, 0.717) is 0 Å². The van der Waals surface area contributed by atoms with Crippen LogP contribution < -0.4 is 4.90 Å². The van der Waals surface area contributed by atoms with E-state index in [9.17, 15) is 0 Å². The predicted molar refractivity (Wildman–Crippen MR) is 87.6 cm³/mol. The molecule has 1 aromatic carbocycles. The summed E-state index contributed by atoms with van der Waals surface area (Å²) in [5, 5.41) is 1.73. The van der Waals surface area contributed by atoms with Gasteiger partial charge in [0.05, 0.1) is 10.7 Å². The standard InChI is InChI=1S/C15H22BrClN2/c1-12(2)11-18-5-7-19(8-6-18)15-4-3-13(10-16)9-14(15)17/h3-4,9,12H,5-8,10-11H2,1-2H3. The lowest BCUT2D eigenvalue weighted by atomic mass is 10.1. The van der Waals surface area contributed by atoms with Gasteiger partial charge in [-0.1, -0.05) is 47.4 Å². The lowest BCUT2D eigenvalue weighted by Crippen LogP contribution is -2.47. The Morgan fingerprint density at radius 2 is 1.89 bits per heavy atom. The third kappa shape index (κ3) is 4.11. The molecular weight excluding hydrogens is 324 g/mol. The van der Waals surface area contributed by atoms with Crippen molar-refractivity contribution in [1.29, 1.82) is 0 Å². The third-order valence-electron chi connectivity index (χ3n) is 3.50. The molecule has 2 nitrogen and oxygen atoms in total. The largest absolute Gasteiger partial charge is 0.368 e. The van der Waals surface area contributed by atoms with Gasteiger partial charge >= 0.3 is 0 Å². The van der Waals surface area contributed by atoms with Crippen molar-refractivity contribution < 1.29 is 0 Å². The zero-order valence-corrected chi connectivity index (χ0v) is 14.0. The van der Waals surface area contributed by atoms with Crippen molar-refractivity contribution in [1.82, 2.24) is 4.90 Å². The molecule has 1 aliphatic rings. The lowest BCUT2D eigenvalue weighted by molar-refractivity contribution is 0.231. The highest BCUT2D eigenvalue weighted by Gasteiger charge is 2.19. The van der Waals surface area contributed by atoms with Crippen molar-refractivity contribution in [2.75, 3.05) is 37.6 Å². The van der Waals surface area contributed by atoms with Crippen LogP contribution in [-0.2, 0) is 5.33 Å². The zero-order chi connectivity index (χ0) is 13.8. The topological polar surface area (TPSA) is 6.48 Å². The number of alkyl halides is 1. The van der Waals surface area contributed by atoms with E-state index in [-0.39, 0.29) is 0 Å². The molecule has 1 saturated heterocycles. The fourth-order valence-electron chi connectivity index (χ4n) is 2.58. The first-order chi connectivity index (χ1) is 9.10. The van der Waals surface area contributed by atoms with Crippen LogP contribution in [-0.4, -0.2) is 37.6 Å². The SMILES string of the molecule is CC(C)CN1CCN(c2ccc(CBr)cc2Cl)CC1. The van der Waals surface area contributed by atoms with Crippen LogP contribution in [0, 0.1) is 5.92 Å². The van der Waals surface area contributed by atoms with Gasteiger partial charge in [-0.05, 0) is 23.6 Å². The number of halogens is 2. The molecule has 106 valence electrons. The second-order valence-electron chi connectivity index (χ2n) is 5.60. The second kappa shape index (κ2) is 6.96. The first-order valence-electron chi connectivity index (χ1n) is 6.92. The summed E-state index contributed by atoms with van der Waals surface area (Å²) in [6, 6.07) is 6.36. The van der Waals surface area contributed by atoms with Gasteiger partial charge in [-0.3, -0.25) is 4.90 Å². The summed E-state index contributed by atoms with van der Waals surface area (Å²) in [4.78, 5) is 4.94. The monoisotopic (exact) mass is 344 g/mol. The molecule has 0 unspecified atom stereocenters. The number of nitrogens with zero attached hydrogens (tertiary/aromatic N) is 2. The van der Waals surface area contributed by atoms with Crippen molar-refractivity contribution in [3.8, 4) is 0 Å². The fraction of sp³-hybridized carbons (Fsp3) is 0.600. The Balaban J connectivity index is 1.97. The van der Waals surface area contributed by atoms with Crippen LogP contribution in [0.25, 0.3) is 0 Å². The van der Waals surface area contributed by atoms with Crippen molar-refractivity contribution in [3.05, 3.63) is 28.8 Å². The molecule has 0 amide bonds. The maximum atomic E-state index is 6.39. The van der Waals surface area contributed by atoms with Crippen LogP contribution >= 0.6 is 27.5 Å². The Morgan fingerprint density at radius 3 is 2.42 bits per heavy atom. The number of benzene rings is 1. The molecule has 0 spiro atoms. The number of hydrogen-bond acceptors (Lipinski definition) is 2. The Labute approximate surface area is 129 Å². The second-order valence-corrected chi connectivity index (χ2v) is 6.57. The highest BCUT2D eigenvalue weighted by molar-refractivity contribution is 9.08. The number of hydrogen-bond donors (Lipinski definition) is 0. The molecule has 0 aromatic heterocycles. The quantitative estimate of drug-likeness (QED) is 0.761. The average molecular weight is 346 g/mol. The summed E-state index contributed by atoms with van der Waals surface area (Å²) < 4.78 is 0. The molecule has 1 aliphatic heterocycles. The summed E-state index contributed by atoms with van der Waals surface area (Å²) in [5.74, 6) is 0.744. The van der Waals surface area contributed by atoms with Crippen molar-refractivity contribution in [2.45, 2.75) is 19.2 Å². The summed E-state index contributed by atoms with van der Waals surface area (Å²) in [7, 11) is 0. The van der Waals surface area contributed by atoms with Gasteiger partial charge in [0, 0.05) is 38.1 Å². The molecule has 0 aliphatic carbocycles. The van der Waals surface area contributed by atoms with Crippen LogP contribution in [0.15, 0.2) is 18.2 Å². The first kappa shape index (κ1) is 15.1. The highest BCUT2D eigenvalue weighted by atomic mass is 79.9. The number of anilines is 1. The summed E-state index contributed by atoms with van der Waals surface area (Å²) in [6.45, 7) is 10.2. The van der Waals surface area contributed by atoms with E-state index in [1.165, 1.54) is 17.8 Å². The maximum absolute atomic E-state index is 6.39. The lowest BCUT2D eigenvalue weighted by Gasteiger charge is -2.37. The van der Waals surface area contributed by atoms with Gasteiger partial charge in [0.25, 0.3) is 0 Å². The van der Waals surface area contributed by atoms with Gasteiger partial charge in [0.15, 0.2) is 0 Å². The minimum Gasteiger partial charge on any atom is -0.368 e. The molecule has 2 rings (SSSR count). The molecular formula is C15H22BrClN2. The molecule has 0 bridgehead atoms. The van der Waals surface area contributed by atoms with Crippen LogP contribution in [0.4, 0.5) is 5.69 Å². The van der Waals surface area contributed by atoms with E-state index in [1.54, 1.807) is 0 Å². The molecule has 0 N–H and O–H groups in total. The third-order valence-corrected chi connectivity index (χ3v) is 4.45. The van der Waals surface area contributed by atoms with E-state index < -0.39 is 0 Å². The smallest absolute Gasteiger partial charge is 0.0642 e. The van der Waals surface area contributed by atoms with Crippen molar-refractivity contribution in [2.24, 2.45) is 5.92 Å². The maximum Gasteiger partial charge on any atom is 0.0642 e. The highest BCUT2D eigenvalue weighted by Crippen LogP contribution is 2.28. The summed E-state index contributed by atoms with van der Waals surface area (Å²) in [6.07, 6.45) is 0. The van der Waals surface area contributed by atoms with E-state index in [0.717, 1.165) is 42.4 Å².